The normalized spacial score (nSPS) is 18.4. The average Bonchev–Trinajstić information content (AvgIpc) is 2.84. The Morgan fingerprint density at radius 3 is 2.61 bits per heavy atom. The van der Waals surface area contributed by atoms with Gasteiger partial charge in [0.05, 0.1) is 11.8 Å². The number of hydrogen-bond acceptors (Lipinski definition) is 4. The second kappa shape index (κ2) is 13.7. The van der Waals surface area contributed by atoms with Crippen molar-refractivity contribution in [3.8, 4) is 5.75 Å². The predicted molar refractivity (Wildman–Crippen MR) is 145 cm³/mol. The molecule has 2 heterocycles. The highest BCUT2D eigenvalue weighted by molar-refractivity contribution is 14.0. The summed E-state index contributed by atoms with van der Waals surface area (Å²) in [7, 11) is 1.84. The summed E-state index contributed by atoms with van der Waals surface area (Å²) in [5.74, 6) is 1.85. The van der Waals surface area contributed by atoms with E-state index in [2.05, 4.69) is 61.9 Å². The lowest BCUT2D eigenvalue weighted by molar-refractivity contribution is 0.155. The van der Waals surface area contributed by atoms with Crippen LogP contribution in [0.3, 0.4) is 0 Å². The number of pyridine rings is 1. The molecule has 1 saturated carbocycles. The molecule has 6 nitrogen and oxygen atoms in total. The van der Waals surface area contributed by atoms with E-state index in [9.17, 15) is 0 Å². The fourth-order valence-corrected chi connectivity index (χ4v) is 4.63. The topological polar surface area (TPSA) is 61.8 Å². The van der Waals surface area contributed by atoms with Crippen LogP contribution in [-0.4, -0.2) is 48.1 Å². The van der Waals surface area contributed by atoms with E-state index < -0.39 is 0 Å². The van der Waals surface area contributed by atoms with Crippen molar-refractivity contribution in [2.75, 3.05) is 20.1 Å². The van der Waals surface area contributed by atoms with Crippen molar-refractivity contribution in [2.24, 2.45) is 4.99 Å². The Kier molecular flexibility index (Phi) is 10.7. The predicted octanol–water partition coefficient (Wildman–Crippen LogP) is 4.74. The van der Waals surface area contributed by atoms with Gasteiger partial charge < -0.3 is 15.4 Å². The Bertz CT molecular complexity index is 849. The molecule has 2 fully saturated rings. The number of piperidine rings is 1. The van der Waals surface area contributed by atoms with Crippen molar-refractivity contribution in [1.82, 2.24) is 20.5 Å². The third-order valence-corrected chi connectivity index (χ3v) is 6.48. The monoisotopic (exact) mass is 563 g/mol. The molecule has 0 unspecified atom stereocenters. The van der Waals surface area contributed by atoms with Gasteiger partial charge in [-0.15, -0.1) is 24.0 Å². The number of nitrogens with one attached hydrogen (secondary N) is 2. The van der Waals surface area contributed by atoms with E-state index >= 15 is 0 Å². The van der Waals surface area contributed by atoms with Crippen LogP contribution in [0.5, 0.6) is 5.75 Å². The van der Waals surface area contributed by atoms with E-state index in [1.165, 1.54) is 37.7 Å². The van der Waals surface area contributed by atoms with E-state index in [0.717, 1.165) is 56.4 Å². The molecule has 0 spiro atoms. The summed E-state index contributed by atoms with van der Waals surface area (Å²) >= 11 is 0. The van der Waals surface area contributed by atoms with Gasteiger partial charge in [-0.2, -0.15) is 0 Å². The lowest BCUT2D eigenvalue weighted by atomic mass is 9.98. The molecule has 1 aromatic heterocycles. The molecule has 2 N–H and O–H groups in total. The smallest absolute Gasteiger partial charge is 0.191 e. The molecule has 0 bridgehead atoms. The SMILES string of the molecule is CN=C(NCc1cccc(OC2CCCCC2)c1)NC1CCN(Cc2ccccn2)CC1.I. The number of nitrogens with zero attached hydrogens (tertiary/aromatic N) is 3. The van der Waals surface area contributed by atoms with Gasteiger partial charge in [-0.1, -0.05) is 24.6 Å². The van der Waals surface area contributed by atoms with E-state index in [0.29, 0.717) is 12.1 Å². The lowest BCUT2D eigenvalue weighted by Gasteiger charge is -2.32. The molecule has 0 radical (unpaired) electrons. The van der Waals surface area contributed by atoms with Crippen molar-refractivity contribution >= 4 is 29.9 Å². The number of likely N-dealkylation sites (tertiary alicyclic amines) is 1. The van der Waals surface area contributed by atoms with Crippen LogP contribution in [0.25, 0.3) is 0 Å². The number of halogens is 1. The maximum Gasteiger partial charge on any atom is 0.191 e. The number of aliphatic imine (C=N–C) groups is 1. The Hall–Kier alpha value is -1.87. The maximum absolute atomic E-state index is 6.22. The molecule has 180 valence electrons. The fourth-order valence-electron chi connectivity index (χ4n) is 4.63. The Morgan fingerprint density at radius 1 is 1.06 bits per heavy atom. The van der Waals surface area contributed by atoms with E-state index in [4.69, 9.17) is 4.74 Å². The molecule has 2 aliphatic rings. The van der Waals surface area contributed by atoms with Crippen molar-refractivity contribution in [3.05, 3.63) is 59.9 Å². The van der Waals surface area contributed by atoms with Gasteiger partial charge in [-0.25, -0.2) is 0 Å². The van der Waals surface area contributed by atoms with Crippen LogP contribution in [0.2, 0.25) is 0 Å². The lowest BCUT2D eigenvalue weighted by Crippen LogP contribution is -2.48. The minimum atomic E-state index is 0. The molecule has 4 rings (SSSR count). The second-order valence-corrected chi connectivity index (χ2v) is 8.97. The third kappa shape index (κ3) is 8.45. The zero-order chi connectivity index (χ0) is 22.0. The van der Waals surface area contributed by atoms with E-state index in [1.807, 2.05) is 19.3 Å². The van der Waals surface area contributed by atoms with Gasteiger partial charge in [0.15, 0.2) is 5.96 Å². The molecule has 1 saturated heterocycles. The van der Waals surface area contributed by atoms with Crippen molar-refractivity contribution in [3.63, 3.8) is 0 Å². The highest BCUT2D eigenvalue weighted by Crippen LogP contribution is 2.24. The van der Waals surface area contributed by atoms with Gasteiger partial charge in [0.2, 0.25) is 0 Å². The van der Waals surface area contributed by atoms with Gasteiger partial charge in [0.25, 0.3) is 0 Å². The summed E-state index contributed by atoms with van der Waals surface area (Å²) in [5, 5.41) is 7.08. The number of hydrogen-bond donors (Lipinski definition) is 2. The molecular formula is C26H38IN5O. The highest BCUT2D eigenvalue weighted by Gasteiger charge is 2.20. The maximum atomic E-state index is 6.22. The summed E-state index contributed by atoms with van der Waals surface area (Å²) in [6.07, 6.45) is 10.8. The molecule has 1 aromatic carbocycles. The zero-order valence-electron chi connectivity index (χ0n) is 19.7. The molecular weight excluding hydrogens is 525 g/mol. The Morgan fingerprint density at radius 2 is 1.88 bits per heavy atom. The molecule has 2 aromatic rings. The zero-order valence-corrected chi connectivity index (χ0v) is 22.0. The minimum absolute atomic E-state index is 0. The summed E-state index contributed by atoms with van der Waals surface area (Å²) in [5.41, 5.74) is 2.36. The number of rotatable bonds is 7. The van der Waals surface area contributed by atoms with Crippen molar-refractivity contribution in [1.29, 1.82) is 0 Å². The van der Waals surface area contributed by atoms with Crippen LogP contribution in [0, 0.1) is 0 Å². The summed E-state index contributed by atoms with van der Waals surface area (Å²) in [6.45, 7) is 3.82. The summed E-state index contributed by atoms with van der Waals surface area (Å²) in [4.78, 5) is 11.4. The average molecular weight is 564 g/mol. The van der Waals surface area contributed by atoms with Crippen LogP contribution < -0.4 is 15.4 Å². The van der Waals surface area contributed by atoms with Gasteiger partial charge in [0, 0.05) is 45.5 Å². The van der Waals surface area contributed by atoms with Crippen molar-refractivity contribution in [2.45, 2.75) is 70.2 Å². The van der Waals surface area contributed by atoms with Crippen LogP contribution in [0.1, 0.15) is 56.2 Å². The highest BCUT2D eigenvalue weighted by atomic mass is 127. The largest absolute Gasteiger partial charge is 0.490 e. The Balaban J connectivity index is 0.00000306. The van der Waals surface area contributed by atoms with E-state index in [1.54, 1.807) is 0 Å². The van der Waals surface area contributed by atoms with Crippen LogP contribution in [-0.2, 0) is 13.1 Å². The summed E-state index contributed by atoms with van der Waals surface area (Å²) in [6, 6.07) is 15.0. The van der Waals surface area contributed by atoms with Crippen molar-refractivity contribution < 1.29 is 4.74 Å². The second-order valence-electron chi connectivity index (χ2n) is 8.97. The first kappa shape index (κ1) is 25.7. The van der Waals surface area contributed by atoms with Crippen LogP contribution in [0.15, 0.2) is 53.7 Å². The fraction of sp³-hybridized carbons (Fsp3) is 0.538. The van der Waals surface area contributed by atoms with Gasteiger partial charge >= 0.3 is 0 Å². The van der Waals surface area contributed by atoms with E-state index in [-0.39, 0.29) is 24.0 Å². The van der Waals surface area contributed by atoms with Gasteiger partial charge in [0.1, 0.15) is 5.75 Å². The van der Waals surface area contributed by atoms with Crippen LogP contribution >= 0.6 is 24.0 Å². The molecule has 0 amide bonds. The molecule has 1 aliphatic carbocycles. The number of benzene rings is 1. The molecule has 33 heavy (non-hydrogen) atoms. The third-order valence-electron chi connectivity index (χ3n) is 6.48. The quantitative estimate of drug-likeness (QED) is 0.290. The first-order valence-corrected chi connectivity index (χ1v) is 12.1. The van der Waals surface area contributed by atoms with Gasteiger partial charge in [-0.05, 0) is 68.4 Å². The van der Waals surface area contributed by atoms with Gasteiger partial charge in [-0.3, -0.25) is 14.9 Å². The first-order valence-electron chi connectivity index (χ1n) is 12.1. The minimum Gasteiger partial charge on any atom is -0.490 e. The number of guanidine groups is 1. The number of ether oxygens (including phenoxy) is 1. The standard InChI is InChI=1S/C26H37N5O.HI/c1-27-26(30-22-13-16-31(17-14-22)20-23-9-5-6-15-28-23)29-19-21-8-7-12-25(18-21)32-24-10-3-2-4-11-24;/h5-9,12,15,18,22,24H,2-4,10-11,13-14,16-17,19-20H2,1H3,(H2,27,29,30);1H. The number of aromatic nitrogens is 1. The first-order chi connectivity index (χ1) is 15.8. The summed E-state index contributed by atoms with van der Waals surface area (Å²) < 4.78 is 6.22. The molecule has 0 atom stereocenters. The molecule has 1 aliphatic heterocycles. The Labute approximate surface area is 215 Å². The van der Waals surface area contributed by atoms with Crippen LogP contribution in [0.4, 0.5) is 0 Å². The molecule has 7 heteroatoms.